The predicted octanol–water partition coefficient (Wildman–Crippen LogP) is 4.11. The lowest BCUT2D eigenvalue weighted by Crippen LogP contribution is -1.93. The fourth-order valence-electron chi connectivity index (χ4n) is 1.21. The fraction of sp³-hybridized carbons (Fsp3) is 0.200. The van der Waals surface area contributed by atoms with Gasteiger partial charge in [0.05, 0.1) is 6.61 Å². The molecule has 0 aromatic heterocycles. The standard InChI is InChI=1S/C15H18O2/c1-5-16-14-7-6-8-15(11-14)17-13(4)10-9-12(2)3/h6-11H,2,4-5H2,1,3H3/b10-9-. The van der Waals surface area contributed by atoms with Crippen LogP contribution in [-0.2, 0) is 0 Å². The van der Waals surface area contributed by atoms with Crippen LogP contribution in [0.5, 0.6) is 11.5 Å². The number of benzene rings is 1. The molecule has 17 heavy (non-hydrogen) atoms. The summed E-state index contributed by atoms with van der Waals surface area (Å²) in [6, 6.07) is 7.48. The van der Waals surface area contributed by atoms with E-state index in [1.54, 1.807) is 6.08 Å². The van der Waals surface area contributed by atoms with Gasteiger partial charge in [0.25, 0.3) is 0 Å². The zero-order valence-electron chi connectivity index (χ0n) is 10.4. The molecular formula is C15H18O2. The molecule has 2 heteroatoms. The van der Waals surface area contributed by atoms with Crippen LogP contribution in [0.25, 0.3) is 0 Å². The first kappa shape index (κ1) is 13.1. The van der Waals surface area contributed by atoms with E-state index in [4.69, 9.17) is 9.47 Å². The maximum Gasteiger partial charge on any atom is 0.131 e. The molecule has 2 nitrogen and oxygen atoms in total. The van der Waals surface area contributed by atoms with Gasteiger partial charge in [0.2, 0.25) is 0 Å². The second kappa shape index (κ2) is 6.59. The quantitative estimate of drug-likeness (QED) is 0.541. The van der Waals surface area contributed by atoms with Crippen molar-refractivity contribution in [1.29, 1.82) is 0 Å². The Labute approximate surface area is 103 Å². The highest BCUT2D eigenvalue weighted by atomic mass is 16.5. The highest BCUT2D eigenvalue weighted by molar-refractivity contribution is 5.35. The van der Waals surface area contributed by atoms with Gasteiger partial charge < -0.3 is 9.47 Å². The third-order valence-electron chi connectivity index (χ3n) is 1.92. The van der Waals surface area contributed by atoms with Gasteiger partial charge >= 0.3 is 0 Å². The van der Waals surface area contributed by atoms with Crippen LogP contribution in [-0.4, -0.2) is 6.61 Å². The summed E-state index contributed by atoms with van der Waals surface area (Å²) in [4.78, 5) is 0. The highest BCUT2D eigenvalue weighted by Crippen LogP contribution is 2.21. The molecule has 1 aromatic carbocycles. The normalized spacial score (nSPS) is 10.2. The second-order valence-electron chi connectivity index (χ2n) is 3.66. The van der Waals surface area contributed by atoms with Crippen LogP contribution in [0, 0.1) is 0 Å². The molecule has 0 aliphatic rings. The molecule has 0 saturated heterocycles. The van der Waals surface area contributed by atoms with Crippen LogP contribution >= 0.6 is 0 Å². The molecule has 0 spiro atoms. The Morgan fingerprint density at radius 1 is 1.24 bits per heavy atom. The van der Waals surface area contributed by atoms with Crippen LogP contribution in [0.2, 0.25) is 0 Å². The van der Waals surface area contributed by atoms with E-state index in [0.29, 0.717) is 18.1 Å². The number of hydrogen-bond acceptors (Lipinski definition) is 2. The van der Waals surface area contributed by atoms with Crippen LogP contribution in [0.3, 0.4) is 0 Å². The zero-order chi connectivity index (χ0) is 12.7. The van der Waals surface area contributed by atoms with Gasteiger partial charge in [-0.25, -0.2) is 0 Å². The van der Waals surface area contributed by atoms with Crippen molar-refractivity contribution in [2.45, 2.75) is 13.8 Å². The Morgan fingerprint density at radius 2 is 1.94 bits per heavy atom. The number of rotatable bonds is 6. The van der Waals surface area contributed by atoms with Gasteiger partial charge in [-0.2, -0.15) is 0 Å². The summed E-state index contributed by atoms with van der Waals surface area (Å²) < 4.78 is 10.9. The van der Waals surface area contributed by atoms with E-state index in [1.807, 2.05) is 44.2 Å². The predicted molar refractivity (Wildman–Crippen MR) is 71.3 cm³/mol. The average molecular weight is 230 g/mol. The van der Waals surface area contributed by atoms with E-state index >= 15 is 0 Å². The molecule has 0 N–H and O–H groups in total. The van der Waals surface area contributed by atoms with Gasteiger partial charge in [-0.15, -0.1) is 0 Å². The minimum absolute atomic E-state index is 0.571. The van der Waals surface area contributed by atoms with Gasteiger partial charge in [-0.3, -0.25) is 0 Å². The SMILES string of the molecule is C=C(C)/C=C\C(=C)Oc1cccc(OCC)c1. The number of allylic oxidation sites excluding steroid dienone is 3. The first-order valence-electron chi connectivity index (χ1n) is 5.55. The third kappa shape index (κ3) is 5.07. The van der Waals surface area contributed by atoms with Crippen molar-refractivity contribution in [3.8, 4) is 11.5 Å². The fourth-order valence-corrected chi connectivity index (χ4v) is 1.21. The Hall–Kier alpha value is -1.96. The molecule has 0 bridgehead atoms. The second-order valence-corrected chi connectivity index (χ2v) is 3.66. The summed E-state index contributed by atoms with van der Waals surface area (Å²) in [7, 11) is 0. The number of hydrogen-bond donors (Lipinski definition) is 0. The Bertz CT molecular complexity index is 430. The minimum atomic E-state index is 0.571. The summed E-state index contributed by atoms with van der Waals surface area (Å²) in [5.74, 6) is 2.08. The monoisotopic (exact) mass is 230 g/mol. The van der Waals surface area contributed by atoms with Crippen molar-refractivity contribution in [3.05, 3.63) is 60.9 Å². The summed E-state index contributed by atoms with van der Waals surface area (Å²) in [6.45, 7) is 12.1. The van der Waals surface area contributed by atoms with E-state index in [9.17, 15) is 0 Å². The molecule has 0 fully saturated rings. The topological polar surface area (TPSA) is 18.5 Å². The van der Waals surface area contributed by atoms with E-state index in [0.717, 1.165) is 11.3 Å². The van der Waals surface area contributed by atoms with Crippen LogP contribution in [0.4, 0.5) is 0 Å². The highest BCUT2D eigenvalue weighted by Gasteiger charge is 1.98. The van der Waals surface area contributed by atoms with Crippen molar-refractivity contribution >= 4 is 0 Å². The van der Waals surface area contributed by atoms with Crippen LogP contribution < -0.4 is 9.47 Å². The van der Waals surface area contributed by atoms with E-state index in [1.165, 1.54) is 0 Å². The largest absolute Gasteiger partial charge is 0.494 e. The number of ether oxygens (including phenoxy) is 2. The van der Waals surface area contributed by atoms with Crippen molar-refractivity contribution < 1.29 is 9.47 Å². The molecule has 0 aliphatic carbocycles. The molecule has 1 aromatic rings. The molecule has 0 heterocycles. The summed E-state index contributed by atoms with van der Waals surface area (Å²) in [5, 5.41) is 0. The van der Waals surface area contributed by atoms with Gasteiger partial charge in [0.15, 0.2) is 0 Å². The van der Waals surface area contributed by atoms with E-state index < -0.39 is 0 Å². The Balaban J connectivity index is 2.65. The van der Waals surface area contributed by atoms with Crippen LogP contribution in [0.15, 0.2) is 60.9 Å². The third-order valence-corrected chi connectivity index (χ3v) is 1.92. The molecule has 0 radical (unpaired) electrons. The maximum atomic E-state index is 5.55. The van der Waals surface area contributed by atoms with Crippen molar-refractivity contribution in [2.24, 2.45) is 0 Å². The summed E-state index contributed by atoms with van der Waals surface area (Å²) in [6.07, 6.45) is 3.64. The van der Waals surface area contributed by atoms with Crippen molar-refractivity contribution in [1.82, 2.24) is 0 Å². The first-order valence-corrected chi connectivity index (χ1v) is 5.55. The van der Waals surface area contributed by atoms with Crippen molar-refractivity contribution in [3.63, 3.8) is 0 Å². The van der Waals surface area contributed by atoms with Gasteiger partial charge in [0.1, 0.15) is 17.3 Å². The van der Waals surface area contributed by atoms with E-state index in [-0.39, 0.29) is 0 Å². The zero-order valence-corrected chi connectivity index (χ0v) is 10.4. The molecule has 0 unspecified atom stereocenters. The lowest BCUT2D eigenvalue weighted by Gasteiger charge is -2.07. The Kier molecular flexibility index (Phi) is 5.08. The summed E-state index contributed by atoms with van der Waals surface area (Å²) >= 11 is 0. The molecule has 0 saturated carbocycles. The van der Waals surface area contributed by atoms with Gasteiger partial charge in [0, 0.05) is 6.07 Å². The summed E-state index contributed by atoms with van der Waals surface area (Å²) in [5.41, 5.74) is 0.956. The van der Waals surface area contributed by atoms with Crippen molar-refractivity contribution in [2.75, 3.05) is 6.61 Å². The van der Waals surface area contributed by atoms with Gasteiger partial charge in [-0.1, -0.05) is 30.9 Å². The average Bonchev–Trinajstić information content (AvgIpc) is 2.27. The molecule has 0 amide bonds. The Morgan fingerprint density at radius 3 is 2.59 bits per heavy atom. The minimum Gasteiger partial charge on any atom is -0.494 e. The first-order chi connectivity index (χ1) is 8.11. The molecular weight excluding hydrogens is 212 g/mol. The smallest absolute Gasteiger partial charge is 0.131 e. The van der Waals surface area contributed by atoms with E-state index in [2.05, 4.69) is 13.2 Å². The molecule has 90 valence electrons. The lowest BCUT2D eigenvalue weighted by atomic mass is 10.3. The molecule has 0 atom stereocenters. The van der Waals surface area contributed by atoms with Gasteiger partial charge in [-0.05, 0) is 32.1 Å². The molecule has 0 aliphatic heterocycles. The maximum absolute atomic E-state index is 5.55. The lowest BCUT2D eigenvalue weighted by molar-refractivity contribution is 0.337. The van der Waals surface area contributed by atoms with Crippen LogP contribution in [0.1, 0.15) is 13.8 Å². The molecule has 1 rings (SSSR count).